The Bertz CT molecular complexity index is 1260. The normalized spacial score (nSPS) is 16.6. The minimum Gasteiger partial charge on any atom is -0.454 e. The Morgan fingerprint density at radius 1 is 1.17 bits per heavy atom. The van der Waals surface area contributed by atoms with Gasteiger partial charge in [0, 0.05) is 6.54 Å². The first-order valence-electron chi connectivity index (χ1n) is 8.73. The molecule has 148 valence electrons. The molecule has 0 bridgehead atoms. The lowest BCUT2D eigenvalue weighted by atomic mass is 10.1. The fourth-order valence-electron chi connectivity index (χ4n) is 3.60. The Kier molecular flexibility index (Phi) is 3.89. The van der Waals surface area contributed by atoms with Crippen LogP contribution >= 0.6 is 11.6 Å². The molecule has 5 nitrogen and oxygen atoms in total. The minimum absolute atomic E-state index is 0.0209. The lowest BCUT2D eigenvalue weighted by Gasteiger charge is -2.09. The molecule has 29 heavy (non-hydrogen) atoms. The van der Waals surface area contributed by atoms with Gasteiger partial charge in [0.15, 0.2) is 11.5 Å². The number of hydrogen-bond donors (Lipinski definition) is 0. The average Bonchev–Trinajstić information content (AvgIpc) is 3.29. The summed E-state index contributed by atoms with van der Waals surface area (Å²) < 4.78 is 51.3. The third kappa shape index (κ3) is 2.95. The summed E-state index contributed by atoms with van der Waals surface area (Å²) in [5.41, 5.74) is 0.281. The number of halogens is 4. The van der Waals surface area contributed by atoms with Crippen LogP contribution in [0.5, 0.6) is 11.5 Å². The van der Waals surface area contributed by atoms with E-state index in [9.17, 15) is 18.0 Å². The molecule has 0 saturated heterocycles. The summed E-state index contributed by atoms with van der Waals surface area (Å²) in [6, 6.07) is 6.44. The molecule has 0 saturated carbocycles. The van der Waals surface area contributed by atoms with E-state index in [1.54, 1.807) is 18.2 Å². The molecule has 5 rings (SSSR count). The molecule has 2 aliphatic heterocycles. The Hall–Kier alpha value is -3.00. The first kappa shape index (κ1) is 18.1. The molecular formula is C20H12ClF3N2O3. The highest BCUT2D eigenvalue weighted by Crippen LogP contribution is 2.41. The van der Waals surface area contributed by atoms with Crippen molar-refractivity contribution >= 4 is 34.2 Å². The van der Waals surface area contributed by atoms with Crippen molar-refractivity contribution in [1.82, 2.24) is 9.55 Å². The molecule has 0 aliphatic carbocycles. The van der Waals surface area contributed by atoms with Gasteiger partial charge in [-0.2, -0.15) is 13.2 Å². The monoisotopic (exact) mass is 420 g/mol. The van der Waals surface area contributed by atoms with Crippen LogP contribution in [0.15, 0.2) is 35.1 Å². The number of benzene rings is 2. The standard InChI is InChI=1S/C20H12ClF3N2O3/c21-14-6-10(7-16-17(14)29-9-28-16)5-11-3-4-26-18(11)25-15-8-12(20(22,23)24)1-2-13(15)19(26)27/h1-2,5-8H,3-4,9H2/b11-5+. The molecule has 3 heterocycles. The molecular weight excluding hydrogens is 409 g/mol. The van der Waals surface area contributed by atoms with Crippen molar-refractivity contribution in [2.75, 3.05) is 6.79 Å². The van der Waals surface area contributed by atoms with Crippen molar-refractivity contribution in [2.45, 2.75) is 19.1 Å². The van der Waals surface area contributed by atoms with E-state index in [1.165, 1.54) is 10.6 Å². The van der Waals surface area contributed by atoms with Crippen LogP contribution in [0.3, 0.4) is 0 Å². The van der Waals surface area contributed by atoms with E-state index in [0.29, 0.717) is 35.3 Å². The summed E-state index contributed by atoms with van der Waals surface area (Å²) >= 11 is 6.21. The van der Waals surface area contributed by atoms with Crippen LogP contribution in [-0.2, 0) is 12.7 Å². The van der Waals surface area contributed by atoms with Gasteiger partial charge < -0.3 is 9.47 Å². The number of fused-ring (bicyclic) bond motifs is 3. The van der Waals surface area contributed by atoms with E-state index in [0.717, 1.165) is 23.3 Å². The van der Waals surface area contributed by atoms with E-state index < -0.39 is 11.7 Å². The maximum atomic E-state index is 13.0. The van der Waals surface area contributed by atoms with Crippen LogP contribution in [0.4, 0.5) is 13.2 Å². The van der Waals surface area contributed by atoms with Gasteiger partial charge in [-0.05, 0) is 54.0 Å². The zero-order valence-corrected chi connectivity index (χ0v) is 15.5. The second-order valence-corrected chi connectivity index (χ2v) is 7.19. The summed E-state index contributed by atoms with van der Waals surface area (Å²) in [4.78, 5) is 17.1. The largest absolute Gasteiger partial charge is 0.454 e. The third-order valence-corrected chi connectivity index (χ3v) is 5.25. The highest BCUT2D eigenvalue weighted by atomic mass is 35.5. The summed E-state index contributed by atoms with van der Waals surface area (Å²) in [6.45, 7) is 0.491. The molecule has 1 aromatic heterocycles. The molecule has 0 radical (unpaired) electrons. The van der Waals surface area contributed by atoms with Crippen molar-refractivity contribution in [1.29, 1.82) is 0 Å². The van der Waals surface area contributed by atoms with Gasteiger partial charge in [-0.3, -0.25) is 9.36 Å². The SMILES string of the molecule is O=c1c2ccc(C(F)(F)F)cc2nc2n1CC/C2=C\c1cc(Cl)c2c(c1)OCO2. The van der Waals surface area contributed by atoms with Crippen LogP contribution in [0, 0.1) is 0 Å². The molecule has 0 N–H and O–H groups in total. The van der Waals surface area contributed by atoms with Gasteiger partial charge in [0.05, 0.1) is 21.5 Å². The maximum Gasteiger partial charge on any atom is 0.416 e. The van der Waals surface area contributed by atoms with Crippen LogP contribution in [0.1, 0.15) is 23.4 Å². The molecule has 0 atom stereocenters. The first-order chi connectivity index (χ1) is 13.8. The molecule has 9 heteroatoms. The van der Waals surface area contributed by atoms with E-state index in [-0.39, 0.29) is 23.3 Å². The van der Waals surface area contributed by atoms with E-state index in [1.807, 2.05) is 0 Å². The van der Waals surface area contributed by atoms with Crippen molar-refractivity contribution in [3.63, 3.8) is 0 Å². The van der Waals surface area contributed by atoms with Gasteiger partial charge in [0.1, 0.15) is 5.82 Å². The lowest BCUT2D eigenvalue weighted by Crippen LogP contribution is -2.21. The van der Waals surface area contributed by atoms with E-state index in [2.05, 4.69) is 4.98 Å². The van der Waals surface area contributed by atoms with E-state index in [4.69, 9.17) is 21.1 Å². The van der Waals surface area contributed by atoms with Crippen molar-refractivity contribution in [3.8, 4) is 11.5 Å². The number of hydrogen-bond acceptors (Lipinski definition) is 4. The molecule has 2 aliphatic rings. The minimum atomic E-state index is -4.51. The number of aromatic nitrogens is 2. The highest BCUT2D eigenvalue weighted by molar-refractivity contribution is 6.32. The highest BCUT2D eigenvalue weighted by Gasteiger charge is 2.31. The molecule has 3 aromatic rings. The number of rotatable bonds is 1. The summed E-state index contributed by atoms with van der Waals surface area (Å²) in [7, 11) is 0. The lowest BCUT2D eigenvalue weighted by molar-refractivity contribution is -0.137. The van der Waals surface area contributed by atoms with Crippen LogP contribution in [-0.4, -0.2) is 16.3 Å². The van der Waals surface area contributed by atoms with Gasteiger partial charge in [-0.25, -0.2) is 4.98 Å². The second-order valence-electron chi connectivity index (χ2n) is 6.78. The molecule has 0 fully saturated rings. The Morgan fingerprint density at radius 3 is 2.79 bits per heavy atom. The smallest absolute Gasteiger partial charge is 0.416 e. The molecule has 2 aromatic carbocycles. The van der Waals surface area contributed by atoms with Gasteiger partial charge in [0.25, 0.3) is 5.56 Å². The average molecular weight is 421 g/mol. The summed E-state index contributed by atoms with van der Waals surface area (Å²) in [6.07, 6.45) is -2.18. The molecule has 0 amide bonds. The van der Waals surface area contributed by atoms with Crippen LogP contribution < -0.4 is 15.0 Å². The molecule has 0 unspecified atom stereocenters. The Labute approximate surface area is 166 Å². The van der Waals surface area contributed by atoms with E-state index >= 15 is 0 Å². The molecule has 0 spiro atoms. The predicted molar refractivity (Wildman–Crippen MR) is 101 cm³/mol. The van der Waals surface area contributed by atoms with Gasteiger partial charge in [0.2, 0.25) is 6.79 Å². The Balaban J connectivity index is 1.64. The topological polar surface area (TPSA) is 53.4 Å². The fourth-order valence-corrected chi connectivity index (χ4v) is 3.88. The summed E-state index contributed by atoms with van der Waals surface area (Å²) in [5, 5.41) is 0.553. The number of nitrogens with zero attached hydrogens (tertiary/aromatic N) is 2. The fraction of sp³-hybridized carbons (Fsp3) is 0.200. The number of ether oxygens (including phenoxy) is 2. The van der Waals surface area contributed by atoms with Gasteiger partial charge in [-0.15, -0.1) is 0 Å². The second kappa shape index (κ2) is 6.25. The van der Waals surface area contributed by atoms with Crippen molar-refractivity contribution in [2.24, 2.45) is 0 Å². The van der Waals surface area contributed by atoms with Crippen molar-refractivity contribution in [3.05, 3.63) is 62.7 Å². The number of allylic oxidation sites excluding steroid dienone is 1. The van der Waals surface area contributed by atoms with Gasteiger partial charge in [-0.1, -0.05) is 11.6 Å². The quantitative estimate of drug-likeness (QED) is 0.570. The third-order valence-electron chi connectivity index (χ3n) is 4.97. The Morgan fingerprint density at radius 2 is 2.00 bits per heavy atom. The van der Waals surface area contributed by atoms with Crippen LogP contribution in [0.25, 0.3) is 22.6 Å². The predicted octanol–water partition coefficient (Wildman–Crippen LogP) is 4.74. The zero-order valence-electron chi connectivity index (χ0n) is 14.7. The van der Waals surface area contributed by atoms with Gasteiger partial charge >= 0.3 is 6.18 Å². The number of alkyl halides is 3. The van der Waals surface area contributed by atoms with Crippen LogP contribution in [0.2, 0.25) is 5.02 Å². The first-order valence-corrected chi connectivity index (χ1v) is 9.11. The maximum absolute atomic E-state index is 13.0. The van der Waals surface area contributed by atoms with Crippen molar-refractivity contribution < 1.29 is 22.6 Å². The summed E-state index contributed by atoms with van der Waals surface area (Å²) in [5.74, 6) is 1.34. The zero-order chi connectivity index (χ0) is 20.3.